The standard InChI is InChI=1S/C10H18Cl2/c11-9-7-5-3-1-2-4-6-8-10-12/h1-2H,3-10H2/b2-1-. The zero-order valence-electron chi connectivity index (χ0n) is 7.57. The fourth-order valence-electron chi connectivity index (χ4n) is 0.949. The van der Waals surface area contributed by atoms with Crippen molar-refractivity contribution in [3.63, 3.8) is 0 Å². The molecule has 0 fully saturated rings. The molecule has 72 valence electrons. The average molecular weight is 209 g/mol. The summed E-state index contributed by atoms with van der Waals surface area (Å²) >= 11 is 11.1. The smallest absolute Gasteiger partial charge is 0.0223 e. The third-order valence-electron chi connectivity index (χ3n) is 1.68. The minimum Gasteiger partial charge on any atom is -0.127 e. The Balaban J connectivity index is 2.93. The Labute approximate surface area is 85.9 Å². The summed E-state index contributed by atoms with van der Waals surface area (Å²) in [5.41, 5.74) is 0. The van der Waals surface area contributed by atoms with E-state index in [1.54, 1.807) is 0 Å². The normalized spacial score (nSPS) is 11.2. The van der Waals surface area contributed by atoms with Gasteiger partial charge in [-0.15, -0.1) is 23.2 Å². The van der Waals surface area contributed by atoms with Crippen LogP contribution in [0.4, 0.5) is 0 Å². The summed E-state index contributed by atoms with van der Waals surface area (Å²) in [6.45, 7) is 0. The quantitative estimate of drug-likeness (QED) is 0.316. The molecule has 0 aliphatic heterocycles. The molecule has 0 aromatic carbocycles. The first kappa shape index (κ1) is 12.3. The second kappa shape index (κ2) is 11.3. The van der Waals surface area contributed by atoms with Crippen molar-refractivity contribution in [3.05, 3.63) is 12.2 Å². The molecule has 0 rings (SSSR count). The van der Waals surface area contributed by atoms with Gasteiger partial charge in [-0.2, -0.15) is 0 Å². The molecule has 0 amide bonds. The van der Waals surface area contributed by atoms with Crippen molar-refractivity contribution >= 4 is 23.2 Å². The maximum absolute atomic E-state index is 5.54. The molecule has 0 N–H and O–H groups in total. The Morgan fingerprint density at radius 3 is 1.42 bits per heavy atom. The van der Waals surface area contributed by atoms with Gasteiger partial charge in [-0.25, -0.2) is 0 Å². The third kappa shape index (κ3) is 10.3. The van der Waals surface area contributed by atoms with E-state index in [0.29, 0.717) is 0 Å². The summed E-state index contributed by atoms with van der Waals surface area (Å²) in [5, 5.41) is 0. The number of halogens is 2. The molecule has 2 heteroatoms. The molecule has 0 unspecified atom stereocenters. The summed E-state index contributed by atoms with van der Waals surface area (Å²) in [4.78, 5) is 0. The van der Waals surface area contributed by atoms with E-state index in [9.17, 15) is 0 Å². The van der Waals surface area contributed by atoms with Crippen molar-refractivity contribution in [2.45, 2.75) is 38.5 Å². The maximum atomic E-state index is 5.54. The van der Waals surface area contributed by atoms with Gasteiger partial charge in [-0.05, 0) is 38.5 Å². The van der Waals surface area contributed by atoms with E-state index in [1.165, 1.54) is 25.7 Å². The second-order valence-corrected chi connectivity index (χ2v) is 3.60. The van der Waals surface area contributed by atoms with Crippen LogP contribution in [0.3, 0.4) is 0 Å². The predicted octanol–water partition coefficient (Wildman–Crippen LogP) is 4.36. The van der Waals surface area contributed by atoms with Crippen molar-refractivity contribution in [2.75, 3.05) is 11.8 Å². The largest absolute Gasteiger partial charge is 0.127 e. The summed E-state index contributed by atoms with van der Waals surface area (Å²) < 4.78 is 0. The molecule has 0 nitrogen and oxygen atoms in total. The van der Waals surface area contributed by atoms with Crippen LogP contribution < -0.4 is 0 Å². The van der Waals surface area contributed by atoms with Crippen LogP contribution >= 0.6 is 23.2 Å². The van der Waals surface area contributed by atoms with Crippen LogP contribution in [-0.4, -0.2) is 11.8 Å². The van der Waals surface area contributed by atoms with Gasteiger partial charge in [0.05, 0.1) is 0 Å². The molecule has 0 saturated carbocycles. The zero-order valence-corrected chi connectivity index (χ0v) is 9.08. The van der Waals surface area contributed by atoms with E-state index >= 15 is 0 Å². The lowest BCUT2D eigenvalue weighted by Gasteiger charge is -1.92. The van der Waals surface area contributed by atoms with Crippen LogP contribution in [-0.2, 0) is 0 Å². The highest BCUT2D eigenvalue weighted by Crippen LogP contribution is 2.02. The van der Waals surface area contributed by atoms with Gasteiger partial charge in [0.1, 0.15) is 0 Å². The van der Waals surface area contributed by atoms with Crippen molar-refractivity contribution in [1.29, 1.82) is 0 Å². The molecular formula is C10H18Cl2. The minimum absolute atomic E-state index is 0.792. The Bertz CT molecular complexity index is 88.0. The average Bonchev–Trinajstić information content (AvgIpc) is 2.10. The summed E-state index contributed by atoms with van der Waals surface area (Å²) in [6, 6.07) is 0. The SMILES string of the molecule is ClCCCC/C=C\CCCCCl. The van der Waals surface area contributed by atoms with Crippen LogP contribution in [0, 0.1) is 0 Å². The molecular weight excluding hydrogens is 191 g/mol. The molecule has 0 aliphatic carbocycles. The van der Waals surface area contributed by atoms with Crippen molar-refractivity contribution in [3.8, 4) is 0 Å². The number of alkyl halides is 2. The predicted molar refractivity (Wildman–Crippen MR) is 58.3 cm³/mol. The Hall–Kier alpha value is 0.320. The molecule has 0 heterocycles. The molecule has 0 saturated heterocycles. The number of allylic oxidation sites excluding steroid dienone is 2. The number of unbranched alkanes of at least 4 members (excludes halogenated alkanes) is 4. The Morgan fingerprint density at radius 1 is 0.667 bits per heavy atom. The minimum atomic E-state index is 0.792. The molecule has 0 spiro atoms. The fraction of sp³-hybridized carbons (Fsp3) is 0.800. The first-order chi connectivity index (χ1) is 5.91. The van der Waals surface area contributed by atoms with E-state index < -0.39 is 0 Å². The molecule has 0 aromatic rings. The van der Waals surface area contributed by atoms with Gasteiger partial charge in [0, 0.05) is 11.8 Å². The van der Waals surface area contributed by atoms with Crippen molar-refractivity contribution in [1.82, 2.24) is 0 Å². The van der Waals surface area contributed by atoms with E-state index in [1.807, 2.05) is 0 Å². The lowest BCUT2D eigenvalue weighted by molar-refractivity contribution is 0.797. The molecule has 12 heavy (non-hydrogen) atoms. The van der Waals surface area contributed by atoms with Crippen LogP contribution in [0.25, 0.3) is 0 Å². The maximum Gasteiger partial charge on any atom is 0.0223 e. The van der Waals surface area contributed by atoms with Gasteiger partial charge >= 0.3 is 0 Å². The fourth-order valence-corrected chi connectivity index (χ4v) is 1.33. The van der Waals surface area contributed by atoms with Gasteiger partial charge in [-0.1, -0.05) is 12.2 Å². The van der Waals surface area contributed by atoms with Crippen LogP contribution in [0.5, 0.6) is 0 Å². The van der Waals surface area contributed by atoms with Crippen LogP contribution in [0.2, 0.25) is 0 Å². The van der Waals surface area contributed by atoms with Crippen molar-refractivity contribution in [2.24, 2.45) is 0 Å². The van der Waals surface area contributed by atoms with Crippen molar-refractivity contribution < 1.29 is 0 Å². The van der Waals surface area contributed by atoms with Gasteiger partial charge in [0.25, 0.3) is 0 Å². The Kier molecular flexibility index (Phi) is 11.6. The zero-order chi connectivity index (χ0) is 9.07. The summed E-state index contributed by atoms with van der Waals surface area (Å²) in [5.74, 6) is 1.58. The van der Waals surface area contributed by atoms with Crippen LogP contribution in [0.15, 0.2) is 12.2 Å². The van der Waals surface area contributed by atoms with E-state index in [0.717, 1.165) is 24.6 Å². The first-order valence-corrected chi connectivity index (χ1v) is 5.75. The number of rotatable bonds is 8. The lowest BCUT2D eigenvalue weighted by atomic mass is 10.2. The number of hydrogen-bond acceptors (Lipinski definition) is 0. The van der Waals surface area contributed by atoms with E-state index in [2.05, 4.69) is 12.2 Å². The highest BCUT2D eigenvalue weighted by Gasteiger charge is 1.84. The van der Waals surface area contributed by atoms with Gasteiger partial charge in [0.2, 0.25) is 0 Å². The molecule has 0 bridgehead atoms. The molecule has 0 aliphatic rings. The van der Waals surface area contributed by atoms with E-state index in [-0.39, 0.29) is 0 Å². The molecule has 0 aromatic heterocycles. The first-order valence-electron chi connectivity index (χ1n) is 4.68. The van der Waals surface area contributed by atoms with Gasteiger partial charge < -0.3 is 0 Å². The molecule has 0 radical (unpaired) electrons. The molecule has 0 atom stereocenters. The van der Waals surface area contributed by atoms with E-state index in [4.69, 9.17) is 23.2 Å². The highest BCUT2D eigenvalue weighted by molar-refractivity contribution is 6.18. The highest BCUT2D eigenvalue weighted by atomic mass is 35.5. The summed E-state index contributed by atoms with van der Waals surface area (Å²) in [7, 11) is 0. The van der Waals surface area contributed by atoms with Gasteiger partial charge in [0.15, 0.2) is 0 Å². The monoisotopic (exact) mass is 208 g/mol. The topological polar surface area (TPSA) is 0 Å². The second-order valence-electron chi connectivity index (χ2n) is 2.84. The van der Waals surface area contributed by atoms with Crippen LogP contribution in [0.1, 0.15) is 38.5 Å². The lowest BCUT2D eigenvalue weighted by Crippen LogP contribution is -1.76. The Morgan fingerprint density at radius 2 is 1.08 bits per heavy atom. The third-order valence-corrected chi connectivity index (χ3v) is 2.21. The number of hydrogen-bond donors (Lipinski definition) is 0. The van der Waals surface area contributed by atoms with Gasteiger partial charge in [-0.3, -0.25) is 0 Å². The summed E-state index contributed by atoms with van der Waals surface area (Å²) in [6.07, 6.45) is 11.6.